The molecule has 35 heavy (non-hydrogen) atoms. The molecule has 2 heterocycles. The SMILES string of the molecule is C.C.C.C.C=CC[N+](C)(C)CC.CC.C[C-]=O.C[n+]1ccccc1.Cn1cc[n+](C)c1.[CH3-].[CH3-].[W].[Y]. The summed E-state index contributed by atoms with van der Waals surface area (Å²) >= 11 is 0. The van der Waals surface area contributed by atoms with Gasteiger partial charge in [-0.25, -0.2) is 13.7 Å². The minimum atomic E-state index is 0. The predicted molar refractivity (Wildman–Crippen MR) is 154 cm³/mol. The van der Waals surface area contributed by atoms with Gasteiger partial charge in [-0.05, 0) is 13.0 Å². The van der Waals surface area contributed by atoms with Crippen molar-refractivity contribution in [3.8, 4) is 0 Å². The van der Waals surface area contributed by atoms with Gasteiger partial charge in [-0.15, -0.1) is 0 Å². The van der Waals surface area contributed by atoms with Crippen molar-refractivity contribution >= 4 is 6.29 Å². The average Bonchev–Trinajstić information content (AvgIpc) is 3.02. The summed E-state index contributed by atoms with van der Waals surface area (Å²) in [4.78, 5) is 8.68. The van der Waals surface area contributed by atoms with Crippen molar-refractivity contribution in [3.63, 3.8) is 0 Å². The van der Waals surface area contributed by atoms with E-state index in [1.54, 1.807) is 0 Å². The van der Waals surface area contributed by atoms with Crippen LogP contribution in [0.2, 0.25) is 0 Å². The van der Waals surface area contributed by atoms with E-state index in [0.29, 0.717) is 0 Å². The Morgan fingerprint density at radius 3 is 1.43 bits per heavy atom. The third-order valence-corrected chi connectivity index (χ3v) is 3.25. The summed E-state index contributed by atoms with van der Waals surface area (Å²) in [6.45, 7) is 13.4. The Balaban J connectivity index is -0.0000000227. The van der Waals surface area contributed by atoms with E-state index in [9.17, 15) is 0 Å². The monoisotopic (exact) mass is 745 g/mol. The quantitative estimate of drug-likeness (QED) is 0.159. The van der Waals surface area contributed by atoms with Gasteiger partial charge in [0.15, 0.2) is 12.4 Å². The summed E-state index contributed by atoms with van der Waals surface area (Å²) in [6.07, 6.45) is 13.5. The molecular weight excluding hydrogens is 681 g/mol. The zero-order valence-electron chi connectivity index (χ0n) is 22.0. The van der Waals surface area contributed by atoms with Crippen molar-refractivity contribution in [2.45, 2.75) is 57.4 Å². The summed E-state index contributed by atoms with van der Waals surface area (Å²) in [5.41, 5.74) is 0. The van der Waals surface area contributed by atoms with Crippen molar-refractivity contribution in [3.05, 3.63) is 76.8 Å². The maximum absolute atomic E-state index is 8.68. The summed E-state index contributed by atoms with van der Waals surface area (Å²) < 4.78 is 7.05. The van der Waals surface area contributed by atoms with Crippen LogP contribution < -0.4 is 9.13 Å². The molecule has 0 saturated heterocycles. The van der Waals surface area contributed by atoms with Gasteiger partial charge in [0.25, 0.3) is 0 Å². The molecule has 1 radical (unpaired) electrons. The van der Waals surface area contributed by atoms with Crippen LogP contribution in [0.4, 0.5) is 0 Å². The molecule has 211 valence electrons. The molecule has 0 aliphatic carbocycles. The van der Waals surface area contributed by atoms with E-state index in [1.165, 1.54) is 19.8 Å². The number of likely N-dealkylation sites (N-methyl/N-ethyl adjacent to an activating group) is 1. The van der Waals surface area contributed by atoms with Crippen LogP contribution in [0.25, 0.3) is 0 Å². The molecule has 0 N–H and O–H groups in total. The van der Waals surface area contributed by atoms with E-state index >= 15 is 0 Å². The van der Waals surface area contributed by atoms with Crippen molar-refractivity contribution in [2.75, 3.05) is 27.2 Å². The molecule has 2 aromatic heterocycles. The molecule has 0 aliphatic heterocycles. The van der Waals surface area contributed by atoms with Crippen LogP contribution in [0, 0.1) is 14.9 Å². The second kappa shape index (κ2) is 50.4. The number of carbonyl (C=O) groups excluding carboxylic acids is 1. The molecule has 0 amide bonds. The number of pyridine rings is 1. The van der Waals surface area contributed by atoms with Crippen molar-refractivity contribution in [1.82, 2.24) is 4.57 Å². The van der Waals surface area contributed by atoms with Gasteiger partial charge < -0.3 is 24.1 Å². The summed E-state index contributed by atoms with van der Waals surface area (Å²) in [7, 11) is 10.4. The Morgan fingerprint density at radius 1 is 0.943 bits per heavy atom. The van der Waals surface area contributed by atoms with Crippen molar-refractivity contribution in [2.24, 2.45) is 21.1 Å². The van der Waals surface area contributed by atoms with Crippen LogP contribution in [0.3, 0.4) is 0 Å². The molecule has 0 fully saturated rings. The number of hydrogen-bond donors (Lipinski definition) is 0. The molecule has 0 aliphatic rings. The number of hydrogen-bond acceptors (Lipinski definition) is 1. The second-order valence-electron chi connectivity index (χ2n) is 6.21. The standard InChI is InChI=1S/C7H16N.C6H8N.C5H9N2.C2H3O.C2H6.4CH4.2CH3.W.Y/c1-5-7-8(3,4)6-2;1-7-5-3-2-4-6-7;1-6-3-4-7(2)5-6;1-2-3;1-2;;;;;;;;/h5H,1,6-7H2,2-4H3;2-6H,1H3;3-5H,1-2H3;1H3;1-2H3;4*1H4;2*1H3;;/q3*+1;-1;;;;;;2*-1;;. The molecule has 0 saturated carbocycles. The summed E-state index contributed by atoms with van der Waals surface area (Å²) in [5, 5.41) is 0. The first-order valence-corrected chi connectivity index (χ1v) is 9.31. The number of aromatic nitrogens is 3. The first kappa shape index (κ1) is 70.1. The molecule has 7 heteroatoms. The Bertz CT molecular complexity index is 561. The van der Waals surface area contributed by atoms with Gasteiger partial charge in [0.2, 0.25) is 6.33 Å². The van der Waals surface area contributed by atoms with Crippen LogP contribution >= 0.6 is 0 Å². The molecule has 0 unspecified atom stereocenters. The number of rotatable bonds is 3. The number of aryl methyl sites for hydroxylation is 3. The van der Waals surface area contributed by atoms with Crippen LogP contribution in [-0.4, -0.2) is 42.5 Å². The average molecular weight is 746 g/mol. The van der Waals surface area contributed by atoms with E-state index in [-0.39, 0.29) is 98.3 Å². The number of quaternary nitrogens is 1. The Kier molecular flexibility index (Phi) is 101. The van der Waals surface area contributed by atoms with E-state index in [2.05, 4.69) is 27.6 Å². The Labute approximate surface area is 263 Å². The molecule has 0 spiro atoms. The van der Waals surface area contributed by atoms with E-state index < -0.39 is 0 Å². The molecule has 2 rings (SSSR count). The van der Waals surface area contributed by atoms with Crippen LogP contribution in [0.15, 0.2) is 62.0 Å². The van der Waals surface area contributed by atoms with E-state index in [0.717, 1.165) is 11.0 Å². The minimum absolute atomic E-state index is 0. The van der Waals surface area contributed by atoms with Gasteiger partial charge in [0, 0.05) is 65.9 Å². The van der Waals surface area contributed by atoms with Gasteiger partial charge in [-0.1, -0.05) is 56.2 Å². The van der Waals surface area contributed by atoms with Crippen LogP contribution in [0.5, 0.6) is 0 Å². The molecule has 0 atom stereocenters. The fourth-order valence-electron chi connectivity index (χ4n) is 1.54. The molecular formula is C28H64N4OWY. The predicted octanol–water partition coefficient (Wildman–Crippen LogP) is 6.21. The first-order chi connectivity index (χ1) is 12.7. The Morgan fingerprint density at radius 2 is 1.31 bits per heavy atom. The molecule has 2 aromatic rings. The zero-order valence-corrected chi connectivity index (χ0v) is 27.8. The van der Waals surface area contributed by atoms with Crippen molar-refractivity contribution < 1.29 is 72.2 Å². The Hall–Kier alpha value is -0.478. The van der Waals surface area contributed by atoms with Gasteiger partial charge >= 0.3 is 0 Å². The molecule has 5 nitrogen and oxygen atoms in total. The molecule has 0 aromatic carbocycles. The molecule has 0 bridgehead atoms. The third kappa shape index (κ3) is 60.2. The third-order valence-electron chi connectivity index (χ3n) is 3.25. The minimum Gasteiger partial charge on any atom is -0.542 e. The van der Waals surface area contributed by atoms with Crippen LogP contribution in [0.1, 0.15) is 57.4 Å². The van der Waals surface area contributed by atoms with Gasteiger partial charge in [-0.2, -0.15) is 6.92 Å². The van der Waals surface area contributed by atoms with Crippen LogP contribution in [-0.2, 0) is 79.7 Å². The largest absolute Gasteiger partial charge is 0.542 e. The van der Waals surface area contributed by atoms with Gasteiger partial charge in [-0.3, -0.25) is 6.29 Å². The van der Waals surface area contributed by atoms with Gasteiger partial charge in [0.1, 0.15) is 19.4 Å². The fourth-order valence-corrected chi connectivity index (χ4v) is 1.54. The summed E-state index contributed by atoms with van der Waals surface area (Å²) in [5.74, 6) is 0. The maximum Gasteiger partial charge on any atom is 0.243 e. The van der Waals surface area contributed by atoms with Crippen molar-refractivity contribution in [1.29, 1.82) is 0 Å². The maximum atomic E-state index is 8.68. The van der Waals surface area contributed by atoms with E-state index in [1.807, 2.05) is 104 Å². The second-order valence-corrected chi connectivity index (χ2v) is 6.21. The smallest absolute Gasteiger partial charge is 0.243 e. The van der Waals surface area contributed by atoms with Gasteiger partial charge in [0.05, 0.1) is 41.3 Å². The normalized spacial score (nSPS) is 6.77. The number of imidazole rings is 1. The van der Waals surface area contributed by atoms with E-state index in [4.69, 9.17) is 4.79 Å². The topological polar surface area (TPSA) is 29.8 Å². The zero-order chi connectivity index (χ0) is 21.7. The number of nitrogens with zero attached hydrogens (tertiary/aromatic N) is 4. The summed E-state index contributed by atoms with van der Waals surface area (Å²) in [6, 6.07) is 6.00. The first-order valence-electron chi connectivity index (χ1n) is 9.31. The fraction of sp³-hybridized carbons (Fsp3) is 0.536.